The number of rotatable bonds is 19. The lowest BCUT2D eigenvalue weighted by atomic mass is 9.85. The molecule has 0 radical (unpaired) electrons. The first-order chi connectivity index (χ1) is 32.4. The van der Waals surface area contributed by atoms with Crippen molar-refractivity contribution in [3.05, 3.63) is 101 Å². The molecule has 0 saturated carbocycles. The first kappa shape index (κ1) is 49.7. The number of benzene rings is 3. The Bertz CT molecular complexity index is 2730. The highest BCUT2D eigenvalue weighted by atomic mass is 32.1. The Morgan fingerprint density at radius 3 is 2.25 bits per heavy atom. The number of aryl methyl sites for hydroxylation is 2. The zero-order valence-electron chi connectivity index (χ0n) is 38.4. The monoisotopic (exact) mass is 960 g/mol. The van der Waals surface area contributed by atoms with E-state index in [9.17, 15) is 37.5 Å². The third kappa shape index (κ3) is 11.9. The van der Waals surface area contributed by atoms with Gasteiger partial charge in [0.15, 0.2) is 5.65 Å². The van der Waals surface area contributed by atoms with Crippen LogP contribution in [-0.4, -0.2) is 124 Å². The maximum absolute atomic E-state index is 13.9. The molecule has 362 valence electrons. The summed E-state index contributed by atoms with van der Waals surface area (Å²) in [7, 11) is 1.74. The van der Waals surface area contributed by atoms with Gasteiger partial charge in [-0.1, -0.05) is 45.0 Å². The number of amides is 4. The molecule has 3 aromatic carbocycles. The molecule has 6 aromatic rings. The Hall–Kier alpha value is -6.19. The highest BCUT2D eigenvalue weighted by Crippen LogP contribution is 2.35. The van der Waals surface area contributed by atoms with Gasteiger partial charge in [-0.2, -0.15) is 18.3 Å². The van der Waals surface area contributed by atoms with Gasteiger partial charge < -0.3 is 40.2 Å². The number of nitrogens with zero attached hydrogens (tertiary/aromatic N) is 5. The van der Waals surface area contributed by atoms with Gasteiger partial charge in [0.1, 0.15) is 18.7 Å². The number of aliphatic hydroxyl groups excluding tert-OH is 1. The molecule has 68 heavy (non-hydrogen) atoms. The molecule has 4 amide bonds. The zero-order chi connectivity index (χ0) is 48.8. The predicted octanol–water partition coefficient (Wildman–Crippen LogP) is 5.56. The summed E-state index contributed by atoms with van der Waals surface area (Å²) in [5.74, 6) is -1.73. The highest BCUT2D eigenvalue weighted by Gasteiger charge is 2.44. The first-order valence-corrected chi connectivity index (χ1v) is 23.0. The van der Waals surface area contributed by atoms with E-state index in [0.29, 0.717) is 22.4 Å². The third-order valence-electron chi connectivity index (χ3n) is 11.5. The van der Waals surface area contributed by atoms with Crippen molar-refractivity contribution < 1.29 is 51.7 Å². The smallest absolute Gasteiger partial charge is 0.391 e. The van der Waals surface area contributed by atoms with Crippen LogP contribution in [0.4, 0.5) is 13.2 Å². The van der Waals surface area contributed by atoms with Crippen molar-refractivity contribution >= 4 is 56.9 Å². The van der Waals surface area contributed by atoms with Crippen molar-refractivity contribution in [1.82, 2.24) is 40.2 Å². The van der Waals surface area contributed by atoms with Crippen LogP contribution < -0.4 is 16.0 Å². The Morgan fingerprint density at radius 1 is 0.897 bits per heavy atom. The van der Waals surface area contributed by atoms with Gasteiger partial charge in [0.25, 0.3) is 5.91 Å². The Kier molecular flexibility index (Phi) is 15.6. The van der Waals surface area contributed by atoms with Crippen molar-refractivity contribution in [3.8, 4) is 16.1 Å². The second-order valence-electron chi connectivity index (χ2n) is 17.6. The summed E-state index contributed by atoms with van der Waals surface area (Å²) in [6, 6.07) is 15.8. The Morgan fingerprint density at radius 2 is 1.59 bits per heavy atom. The number of aromatic nitrogens is 4. The molecule has 3 aromatic heterocycles. The Labute approximate surface area is 394 Å². The van der Waals surface area contributed by atoms with Crippen LogP contribution in [0.1, 0.15) is 54.4 Å². The number of halogens is 3. The van der Waals surface area contributed by atoms with E-state index < -0.39 is 53.1 Å². The number of carbonyl (C=O) groups excluding carboxylic acids is 4. The van der Waals surface area contributed by atoms with E-state index in [1.807, 2.05) is 31.2 Å². The SMILES string of the molecule is Cc1ncsc1-c1ccc(CNC(=O)[C@@H]2C[C@@H](O)CN2C(=O)C(NC(=O)COCCOCCOCCNC(=O)c2ccc3c(c2)c2cn(C)nc2n3-c2ccc(C(F)(F)F)cc2)C(C)(C)C)cc1. The van der Waals surface area contributed by atoms with Crippen LogP contribution >= 0.6 is 11.3 Å². The van der Waals surface area contributed by atoms with Gasteiger partial charge in [-0.05, 0) is 65.9 Å². The van der Waals surface area contributed by atoms with Crippen molar-refractivity contribution in [2.75, 3.05) is 52.7 Å². The highest BCUT2D eigenvalue weighted by molar-refractivity contribution is 7.13. The van der Waals surface area contributed by atoms with Gasteiger partial charge in [0, 0.05) is 61.3 Å². The molecule has 16 nitrogen and oxygen atoms in total. The molecule has 1 aliphatic heterocycles. The number of fused-ring (bicyclic) bond motifs is 3. The lowest BCUT2D eigenvalue weighted by Crippen LogP contribution is -2.58. The van der Waals surface area contributed by atoms with Crippen molar-refractivity contribution in [2.45, 2.75) is 65.0 Å². The van der Waals surface area contributed by atoms with Gasteiger partial charge >= 0.3 is 6.18 Å². The summed E-state index contributed by atoms with van der Waals surface area (Å²) in [6.07, 6.45) is -3.49. The number of hydrogen-bond acceptors (Lipinski definition) is 11. The van der Waals surface area contributed by atoms with Gasteiger partial charge in [-0.15, -0.1) is 11.3 Å². The summed E-state index contributed by atoms with van der Waals surface area (Å²) < 4.78 is 59.6. The number of likely N-dealkylation sites (tertiary alicyclic amines) is 1. The molecule has 20 heteroatoms. The summed E-state index contributed by atoms with van der Waals surface area (Å²) >= 11 is 1.56. The zero-order valence-corrected chi connectivity index (χ0v) is 39.2. The number of β-amino-alcohol motifs (C(OH)–C–C–N with tert-alkyl or cyclic N) is 1. The molecule has 0 bridgehead atoms. The van der Waals surface area contributed by atoms with Crippen LogP contribution in [0.5, 0.6) is 0 Å². The molecule has 1 aliphatic rings. The number of alkyl halides is 3. The van der Waals surface area contributed by atoms with Crippen LogP contribution in [0.2, 0.25) is 0 Å². The second kappa shape index (κ2) is 21.4. The average molecular weight is 961 g/mol. The number of hydrogen-bond donors (Lipinski definition) is 4. The van der Waals surface area contributed by atoms with Crippen LogP contribution in [0.25, 0.3) is 38.1 Å². The molecular formula is C48H55F3N8O8S. The predicted molar refractivity (Wildman–Crippen MR) is 249 cm³/mol. The lowest BCUT2D eigenvalue weighted by Gasteiger charge is -2.35. The minimum absolute atomic E-state index is 0.0436. The standard InChI is InChI=1S/C48H55F3N8O8S/c1-29-41(68-28-54-29)31-8-6-30(7-9-31)24-53-45(63)39-23-35(60)25-58(39)46(64)42(47(2,3)4)55-40(61)27-67-21-20-66-19-18-65-17-16-52-44(62)32-10-15-38-36(22-32)37-26-57(5)56-43(37)59(38)34-13-11-33(12-14-34)48(49,50)51/h6-15,22,26,28,35,39,42,60H,16-21,23-25,27H2,1-5H3,(H,52,62)(H,53,63)(H,55,61)/t35-,39+,42?/m1/s1. The minimum Gasteiger partial charge on any atom is -0.391 e. The molecule has 1 saturated heterocycles. The topological polar surface area (TPSA) is 191 Å². The minimum atomic E-state index is -4.46. The van der Waals surface area contributed by atoms with Gasteiger partial charge in [-0.3, -0.25) is 28.4 Å². The van der Waals surface area contributed by atoms with E-state index in [4.69, 9.17) is 14.2 Å². The van der Waals surface area contributed by atoms with Crippen molar-refractivity contribution in [3.63, 3.8) is 0 Å². The molecule has 0 aliphatic carbocycles. The fraction of sp³-hybridized carbons (Fsp3) is 0.417. The van der Waals surface area contributed by atoms with E-state index in [2.05, 4.69) is 26.0 Å². The van der Waals surface area contributed by atoms with E-state index in [-0.39, 0.29) is 71.6 Å². The number of carbonyl (C=O) groups is 4. The quantitative estimate of drug-likeness (QED) is 0.0749. The van der Waals surface area contributed by atoms with Gasteiger partial charge in [0.05, 0.1) is 66.3 Å². The molecule has 0 spiro atoms. The molecule has 3 atom stereocenters. The maximum atomic E-state index is 13.9. The average Bonchev–Trinajstić information content (AvgIpc) is 4.08. The summed E-state index contributed by atoms with van der Waals surface area (Å²) in [4.78, 5) is 60.1. The molecule has 4 heterocycles. The first-order valence-electron chi connectivity index (χ1n) is 22.1. The van der Waals surface area contributed by atoms with Crippen LogP contribution in [0.3, 0.4) is 0 Å². The fourth-order valence-corrected chi connectivity index (χ4v) is 8.83. The van der Waals surface area contributed by atoms with Crippen LogP contribution in [0.15, 0.2) is 78.4 Å². The van der Waals surface area contributed by atoms with E-state index >= 15 is 0 Å². The maximum Gasteiger partial charge on any atom is 0.416 e. The van der Waals surface area contributed by atoms with Crippen LogP contribution in [0, 0.1) is 12.3 Å². The van der Waals surface area contributed by atoms with Crippen molar-refractivity contribution in [1.29, 1.82) is 0 Å². The second-order valence-corrected chi connectivity index (χ2v) is 18.5. The fourth-order valence-electron chi connectivity index (χ4n) is 8.02. The number of thiazole rings is 1. The summed E-state index contributed by atoms with van der Waals surface area (Å²) in [6.45, 7) is 8.38. The molecule has 7 rings (SSSR count). The summed E-state index contributed by atoms with van der Waals surface area (Å²) in [5, 5.41) is 25.0. The molecule has 1 fully saturated rings. The molecular weight excluding hydrogens is 906 g/mol. The van der Waals surface area contributed by atoms with E-state index in [1.54, 1.807) is 78.3 Å². The molecule has 4 N–H and O–H groups in total. The Balaban J connectivity index is 0.792. The van der Waals surface area contributed by atoms with E-state index in [1.165, 1.54) is 17.0 Å². The lowest BCUT2D eigenvalue weighted by molar-refractivity contribution is -0.144. The number of ether oxygens (including phenoxy) is 3. The largest absolute Gasteiger partial charge is 0.416 e. The summed E-state index contributed by atoms with van der Waals surface area (Å²) in [5.41, 5.74) is 5.29. The number of aliphatic hydroxyl groups is 1. The van der Waals surface area contributed by atoms with Gasteiger partial charge in [-0.25, -0.2) is 4.98 Å². The van der Waals surface area contributed by atoms with E-state index in [0.717, 1.165) is 44.6 Å². The molecule has 1 unspecified atom stereocenters. The van der Waals surface area contributed by atoms with Crippen molar-refractivity contribution in [2.24, 2.45) is 12.5 Å². The normalized spacial score (nSPS) is 15.8. The number of nitrogens with one attached hydrogen (secondary N) is 3. The van der Waals surface area contributed by atoms with Gasteiger partial charge in [0.2, 0.25) is 17.7 Å². The third-order valence-corrected chi connectivity index (χ3v) is 12.5. The van der Waals surface area contributed by atoms with Crippen LogP contribution in [-0.2, 0) is 48.4 Å².